The number of aryl methyl sites for hydroxylation is 1. The summed E-state index contributed by atoms with van der Waals surface area (Å²) in [5.41, 5.74) is 1.35. The van der Waals surface area contributed by atoms with Gasteiger partial charge in [0.1, 0.15) is 23.2 Å². The second-order valence-electron chi connectivity index (χ2n) is 4.74. The first kappa shape index (κ1) is 17.3. The minimum absolute atomic E-state index is 0.0834. The molecule has 1 heterocycles. The smallest absolute Gasteiger partial charge is 0.342 e. The van der Waals surface area contributed by atoms with E-state index < -0.39 is 5.97 Å². The Kier molecular flexibility index (Phi) is 5.73. The van der Waals surface area contributed by atoms with Gasteiger partial charge >= 0.3 is 5.97 Å². The Morgan fingerprint density at radius 1 is 1.12 bits per heavy atom. The van der Waals surface area contributed by atoms with E-state index in [1.54, 1.807) is 6.07 Å². The maximum absolute atomic E-state index is 12.1. The predicted molar refractivity (Wildman–Crippen MR) is 86.8 cm³/mol. The van der Waals surface area contributed by atoms with Crippen molar-refractivity contribution in [1.29, 1.82) is 0 Å². The predicted octanol–water partition coefficient (Wildman–Crippen LogP) is 2.75. The van der Waals surface area contributed by atoms with Crippen molar-refractivity contribution < 1.29 is 23.7 Å². The van der Waals surface area contributed by atoms with E-state index in [9.17, 15) is 4.79 Å². The summed E-state index contributed by atoms with van der Waals surface area (Å²) in [7, 11) is 4.12. The number of nitrogens with zero attached hydrogens (tertiary/aromatic N) is 2. The zero-order valence-electron chi connectivity index (χ0n) is 13.9. The van der Waals surface area contributed by atoms with Crippen LogP contribution in [0.1, 0.15) is 11.1 Å². The molecule has 0 fully saturated rings. The van der Waals surface area contributed by atoms with E-state index in [4.69, 9.17) is 18.9 Å². The first-order valence-electron chi connectivity index (χ1n) is 7.05. The van der Waals surface area contributed by atoms with E-state index in [-0.39, 0.29) is 22.9 Å². The average molecular weight is 330 g/mol. The fraction of sp³-hybridized carbons (Fsp3) is 0.235. The Morgan fingerprint density at radius 3 is 2.50 bits per heavy atom. The highest BCUT2D eigenvalue weighted by atomic mass is 16.5. The van der Waals surface area contributed by atoms with Gasteiger partial charge in [-0.1, -0.05) is 12.1 Å². The molecular formula is C17H18N2O5. The molecule has 126 valence electrons. The zero-order valence-corrected chi connectivity index (χ0v) is 13.9. The maximum atomic E-state index is 12.1. The molecular weight excluding hydrogens is 312 g/mol. The molecule has 0 bridgehead atoms. The Labute approximate surface area is 139 Å². The zero-order chi connectivity index (χ0) is 17.5. The minimum Gasteiger partial charge on any atom is -0.503 e. The summed E-state index contributed by atoms with van der Waals surface area (Å²) in [6.07, 6.45) is 2.52. The number of methoxy groups -OCH3 is 3. The topological polar surface area (TPSA) is 79.8 Å². The van der Waals surface area contributed by atoms with Gasteiger partial charge in [-0.15, -0.1) is 0 Å². The van der Waals surface area contributed by atoms with Crippen LogP contribution in [0.5, 0.6) is 17.5 Å². The third-order valence-electron chi connectivity index (χ3n) is 3.09. The van der Waals surface area contributed by atoms with Crippen molar-refractivity contribution >= 4 is 11.5 Å². The number of hydrogen-bond donors (Lipinski definition) is 0. The summed E-state index contributed by atoms with van der Waals surface area (Å²) in [4.78, 5) is 20.2. The summed E-state index contributed by atoms with van der Waals surface area (Å²) >= 11 is 0. The van der Waals surface area contributed by atoms with E-state index in [0.717, 1.165) is 5.56 Å². The van der Waals surface area contributed by atoms with Gasteiger partial charge in [0.25, 0.3) is 0 Å². The van der Waals surface area contributed by atoms with Gasteiger partial charge in [-0.3, -0.25) is 0 Å². The van der Waals surface area contributed by atoms with Crippen LogP contribution in [0.4, 0.5) is 0 Å². The lowest BCUT2D eigenvalue weighted by molar-refractivity contribution is -0.133. The summed E-state index contributed by atoms with van der Waals surface area (Å²) in [5, 5.41) is 0. The third kappa shape index (κ3) is 3.81. The molecule has 0 aliphatic heterocycles. The van der Waals surface area contributed by atoms with Crippen LogP contribution in [0.2, 0.25) is 0 Å². The van der Waals surface area contributed by atoms with Crippen LogP contribution in [0.3, 0.4) is 0 Å². The van der Waals surface area contributed by atoms with E-state index in [2.05, 4.69) is 9.97 Å². The molecule has 2 rings (SSSR count). The summed E-state index contributed by atoms with van der Waals surface area (Å²) in [6.45, 7) is 1.94. The van der Waals surface area contributed by atoms with Crippen LogP contribution in [-0.4, -0.2) is 37.3 Å². The van der Waals surface area contributed by atoms with Gasteiger partial charge < -0.3 is 18.9 Å². The van der Waals surface area contributed by atoms with Gasteiger partial charge in [0.15, 0.2) is 0 Å². The lowest BCUT2D eigenvalue weighted by atomic mass is 10.1. The lowest BCUT2D eigenvalue weighted by Gasteiger charge is -2.14. The minimum atomic E-state index is -0.626. The van der Waals surface area contributed by atoms with Crippen LogP contribution in [0.15, 0.2) is 36.9 Å². The first-order valence-corrected chi connectivity index (χ1v) is 7.05. The van der Waals surface area contributed by atoms with Gasteiger partial charge in [0, 0.05) is 0 Å². The fourth-order valence-corrected chi connectivity index (χ4v) is 2.04. The Morgan fingerprint density at radius 2 is 1.88 bits per heavy atom. The normalized spacial score (nSPS) is 10.9. The Bertz CT molecular complexity index is 758. The highest BCUT2D eigenvalue weighted by Crippen LogP contribution is 2.34. The van der Waals surface area contributed by atoms with Gasteiger partial charge in [-0.25, -0.2) is 14.8 Å². The monoisotopic (exact) mass is 330 g/mol. The van der Waals surface area contributed by atoms with Crippen LogP contribution in [0, 0.1) is 6.92 Å². The van der Waals surface area contributed by atoms with Gasteiger partial charge in [0.2, 0.25) is 11.8 Å². The first-order chi connectivity index (χ1) is 11.6. The molecule has 0 unspecified atom stereocenters. The lowest BCUT2D eigenvalue weighted by Crippen LogP contribution is -2.09. The number of hydrogen-bond acceptors (Lipinski definition) is 7. The molecule has 7 nitrogen and oxygen atoms in total. The number of carbonyl (C=O) groups is 1. The second kappa shape index (κ2) is 7.96. The van der Waals surface area contributed by atoms with E-state index in [0.29, 0.717) is 5.75 Å². The van der Waals surface area contributed by atoms with Crippen molar-refractivity contribution in [3.05, 3.63) is 48.0 Å². The average Bonchev–Trinajstić information content (AvgIpc) is 2.59. The number of ether oxygens (including phenoxy) is 4. The molecule has 0 saturated heterocycles. The molecule has 0 atom stereocenters. The number of aromatic nitrogens is 2. The molecule has 7 heteroatoms. The summed E-state index contributed by atoms with van der Waals surface area (Å²) < 4.78 is 20.8. The largest absolute Gasteiger partial charge is 0.503 e. The summed E-state index contributed by atoms with van der Waals surface area (Å²) in [5.74, 6) is 0.264. The standard InChI is InChI=1S/C17H18N2O5/c1-11-6-5-7-12(8-11)24-16-14(15(22-3)18-10-19-16)13(9-21-2)17(20)23-4/h5-10H,1-4H3. The van der Waals surface area contributed by atoms with E-state index in [1.165, 1.54) is 33.9 Å². The van der Waals surface area contributed by atoms with Crippen molar-refractivity contribution in [2.24, 2.45) is 0 Å². The quantitative estimate of drug-likeness (QED) is 0.458. The van der Waals surface area contributed by atoms with E-state index in [1.807, 2.05) is 25.1 Å². The Hall–Kier alpha value is -3.09. The number of rotatable bonds is 6. The molecule has 0 radical (unpaired) electrons. The summed E-state index contributed by atoms with van der Waals surface area (Å²) in [6, 6.07) is 7.42. The van der Waals surface area contributed by atoms with Crippen molar-refractivity contribution in [3.8, 4) is 17.5 Å². The molecule has 0 aliphatic rings. The number of benzene rings is 1. The SMILES string of the molecule is COC=C(C(=O)OC)c1c(OC)ncnc1Oc1cccc(C)c1. The second-order valence-corrected chi connectivity index (χ2v) is 4.74. The van der Waals surface area contributed by atoms with Crippen LogP contribution in [-0.2, 0) is 14.3 Å². The number of esters is 1. The Balaban J connectivity index is 2.56. The van der Waals surface area contributed by atoms with Gasteiger partial charge in [-0.05, 0) is 24.6 Å². The van der Waals surface area contributed by atoms with E-state index >= 15 is 0 Å². The maximum Gasteiger partial charge on any atom is 0.342 e. The molecule has 24 heavy (non-hydrogen) atoms. The van der Waals surface area contributed by atoms with Crippen LogP contribution in [0.25, 0.3) is 5.57 Å². The van der Waals surface area contributed by atoms with Crippen molar-refractivity contribution in [3.63, 3.8) is 0 Å². The number of carbonyl (C=O) groups excluding carboxylic acids is 1. The highest BCUT2D eigenvalue weighted by Gasteiger charge is 2.25. The van der Waals surface area contributed by atoms with Gasteiger partial charge in [0.05, 0.1) is 27.6 Å². The molecule has 0 N–H and O–H groups in total. The van der Waals surface area contributed by atoms with Crippen molar-refractivity contribution in [2.75, 3.05) is 21.3 Å². The van der Waals surface area contributed by atoms with Crippen molar-refractivity contribution in [2.45, 2.75) is 6.92 Å². The molecule has 2 aromatic rings. The fourth-order valence-electron chi connectivity index (χ4n) is 2.04. The molecule has 0 amide bonds. The molecule has 0 aliphatic carbocycles. The van der Waals surface area contributed by atoms with Crippen LogP contribution < -0.4 is 9.47 Å². The van der Waals surface area contributed by atoms with Gasteiger partial charge in [-0.2, -0.15) is 0 Å². The third-order valence-corrected chi connectivity index (χ3v) is 3.09. The highest BCUT2D eigenvalue weighted by molar-refractivity contribution is 6.17. The molecule has 0 spiro atoms. The van der Waals surface area contributed by atoms with Crippen molar-refractivity contribution in [1.82, 2.24) is 9.97 Å². The molecule has 0 saturated carbocycles. The van der Waals surface area contributed by atoms with Crippen LogP contribution >= 0.6 is 0 Å². The molecule has 1 aromatic heterocycles. The molecule has 1 aromatic carbocycles.